The number of alkyl halides is 1. The Bertz CT molecular complexity index is 1150. The first-order chi connectivity index (χ1) is 16.3. The number of ketones is 2. The lowest BCUT2D eigenvalue weighted by molar-refractivity contribution is -0.219. The molecule has 0 heterocycles. The van der Waals surface area contributed by atoms with E-state index in [2.05, 4.69) is 8.83 Å². The van der Waals surface area contributed by atoms with E-state index in [0.29, 0.717) is 12.0 Å². The van der Waals surface area contributed by atoms with Gasteiger partial charge in [0.15, 0.2) is 17.2 Å². The number of hydrogen-bond acceptors (Lipinski definition) is 8. The van der Waals surface area contributed by atoms with Crippen molar-refractivity contribution in [3.05, 3.63) is 23.8 Å². The highest BCUT2D eigenvalue weighted by molar-refractivity contribution is 7.60. The maximum atomic E-state index is 17.1. The first kappa shape index (κ1) is 28.0. The number of carbonyl (C=O) groups excluding carboxylic acids is 2. The molecule has 3 fully saturated rings. The van der Waals surface area contributed by atoms with Gasteiger partial charge in [0.05, 0.1) is 6.10 Å². The molecule has 5 N–H and O–H groups in total. The monoisotopic (exact) mass is 552 g/mol. The van der Waals surface area contributed by atoms with Crippen molar-refractivity contribution in [3.8, 4) is 0 Å². The Labute approximate surface area is 207 Å². The van der Waals surface area contributed by atoms with Gasteiger partial charge in [0.25, 0.3) is 0 Å². The number of rotatable bonds is 6. The standard InChI is InChI=1S/C22H31FO11P2/c1-12-8-16-15-5-4-13-9-14(24)6-7-19(13,2)21(15,23)17(25)10-20(16,3)22(12,27)18(26)11-33-36(31,32)34-35(28,29)30/h6-7,9,12,15-17,25,27H,4-5,8,10-11H2,1-3H3,(H,31,32)(H2,28,29,30)/t12-,15+,16+,17+,19+,20+,21+,22+/m1/s1. The highest BCUT2D eigenvalue weighted by Gasteiger charge is 2.75. The third-order valence-electron chi connectivity index (χ3n) is 9.22. The summed E-state index contributed by atoms with van der Waals surface area (Å²) in [5.74, 6) is -3.39. The van der Waals surface area contributed by atoms with Crippen molar-refractivity contribution in [1.29, 1.82) is 0 Å². The van der Waals surface area contributed by atoms with E-state index >= 15 is 4.39 Å². The van der Waals surface area contributed by atoms with Gasteiger partial charge in [0, 0.05) is 16.7 Å². The number of phosphoric acid groups is 2. The van der Waals surface area contributed by atoms with Crippen LogP contribution < -0.4 is 0 Å². The molecule has 36 heavy (non-hydrogen) atoms. The minimum Gasteiger partial charge on any atom is -0.390 e. The van der Waals surface area contributed by atoms with E-state index in [9.17, 15) is 33.8 Å². The van der Waals surface area contributed by atoms with E-state index in [1.165, 1.54) is 18.2 Å². The molecular formula is C22H31FO11P2. The maximum Gasteiger partial charge on any atom is 0.481 e. The number of halogens is 1. The van der Waals surface area contributed by atoms with Crippen LogP contribution in [0.3, 0.4) is 0 Å². The minimum atomic E-state index is -5.41. The summed E-state index contributed by atoms with van der Waals surface area (Å²) in [5, 5.41) is 23.0. The minimum absolute atomic E-state index is 0.218. The highest BCUT2D eigenvalue weighted by atomic mass is 31.3. The fraction of sp³-hybridized carbons (Fsp3) is 0.727. The second-order valence-corrected chi connectivity index (χ2v) is 13.7. The van der Waals surface area contributed by atoms with Crippen LogP contribution in [0.1, 0.15) is 46.5 Å². The third kappa shape index (κ3) is 3.89. The Hall–Kier alpha value is -1.07. The zero-order valence-electron chi connectivity index (χ0n) is 20.0. The van der Waals surface area contributed by atoms with Crippen LogP contribution in [0.5, 0.6) is 0 Å². The summed E-state index contributed by atoms with van der Waals surface area (Å²) in [4.78, 5) is 52.2. The van der Waals surface area contributed by atoms with Crippen LogP contribution in [0, 0.1) is 28.6 Å². The van der Waals surface area contributed by atoms with Crippen molar-refractivity contribution >= 4 is 27.2 Å². The van der Waals surface area contributed by atoms with Crippen LogP contribution in [-0.4, -0.2) is 60.4 Å². The average molecular weight is 552 g/mol. The van der Waals surface area contributed by atoms with Crippen LogP contribution in [-0.2, 0) is 27.6 Å². The zero-order chi connectivity index (χ0) is 27.1. The van der Waals surface area contributed by atoms with Gasteiger partial charge < -0.3 is 24.9 Å². The van der Waals surface area contributed by atoms with Crippen LogP contribution >= 0.6 is 15.6 Å². The number of aliphatic hydroxyl groups is 2. The number of aliphatic hydroxyl groups excluding tert-OH is 1. The first-order valence-electron chi connectivity index (χ1n) is 11.6. The third-order valence-corrected chi connectivity index (χ3v) is 11.3. The quantitative estimate of drug-likeness (QED) is 0.304. The smallest absolute Gasteiger partial charge is 0.390 e. The number of allylic oxidation sites excluding steroid dienone is 4. The summed E-state index contributed by atoms with van der Waals surface area (Å²) >= 11 is 0. The summed E-state index contributed by atoms with van der Waals surface area (Å²) in [6.45, 7) is 3.59. The molecule has 0 spiro atoms. The molecule has 0 aromatic carbocycles. The van der Waals surface area contributed by atoms with E-state index < -0.39 is 74.0 Å². The lowest BCUT2D eigenvalue weighted by Gasteiger charge is -2.62. The van der Waals surface area contributed by atoms with Crippen molar-refractivity contribution in [2.45, 2.75) is 63.8 Å². The van der Waals surface area contributed by atoms with Crippen molar-refractivity contribution in [1.82, 2.24) is 0 Å². The van der Waals surface area contributed by atoms with Gasteiger partial charge in [-0.1, -0.05) is 25.5 Å². The van der Waals surface area contributed by atoms with E-state index in [-0.39, 0.29) is 25.0 Å². The Morgan fingerprint density at radius 3 is 2.47 bits per heavy atom. The molecule has 0 aromatic rings. The van der Waals surface area contributed by atoms with Gasteiger partial charge in [0.1, 0.15) is 12.2 Å². The van der Waals surface area contributed by atoms with Gasteiger partial charge in [-0.05, 0) is 56.6 Å². The second kappa shape index (κ2) is 8.46. The Kier molecular flexibility index (Phi) is 6.57. The summed E-state index contributed by atoms with van der Waals surface area (Å²) in [6.07, 6.45) is 3.17. The van der Waals surface area contributed by atoms with Crippen molar-refractivity contribution in [2.75, 3.05) is 6.61 Å². The molecule has 3 saturated carbocycles. The van der Waals surface area contributed by atoms with Crippen molar-refractivity contribution in [2.24, 2.45) is 28.6 Å². The fourth-order valence-electron chi connectivity index (χ4n) is 7.55. The molecular weight excluding hydrogens is 521 g/mol. The van der Waals surface area contributed by atoms with E-state index in [4.69, 9.17) is 9.79 Å². The summed E-state index contributed by atoms with van der Waals surface area (Å²) in [6, 6.07) is 0. The SMILES string of the molecule is C[C@@H]1C[C@H]2[C@@H]3CCC4=CC(=O)C=C[C@]4(C)[C@@]3(F)[C@@H](O)C[C@]2(C)[C@@]1(O)C(=O)COP(=O)(O)OP(=O)(O)O. The number of carbonyl (C=O) groups is 2. The van der Waals surface area contributed by atoms with Gasteiger partial charge in [-0.25, -0.2) is 13.5 Å². The molecule has 0 saturated heterocycles. The largest absolute Gasteiger partial charge is 0.481 e. The zero-order valence-corrected chi connectivity index (χ0v) is 21.8. The predicted molar refractivity (Wildman–Crippen MR) is 122 cm³/mol. The van der Waals surface area contributed by atoms with E-state index in [0.717, 1.165) is 0 Å². The summed E-state index contributed by atoms with van der Waals surface area (Å²) in [7, 11) is -10.8. The average Bonchev–Trinajstić information content (AvgIpc) is 2.93. The van der Waals surface area contributed by atoms with Crippen molar-refractivity contribution in [3.63, 3.8) is 0 Å². The molecule has 0 radical (unpaired) electrons. The van der Waals surface area contributed by atoms with E-state index in [1.54, 1.807) is 20.8 Å². The molecule has 14 heteroatoms. The number of Topliss-reactive ketones (excluding diaryl/α,β-unsaturated/α-hetero) is 1. The van der Waals surface area contributed by atoms with Gasteiger partial charge in [0.2, 0.25) is 0 Å². The van der Waals surface area contributed by atoms with Crippen LogP contribution in [0.4, 0.5) is 4.39 Å². The van der Waals surface area contributed by atoms with Gasteiger partial charge in [-0.2, -0.15) is 4.31 Å². The number of hydrogen-bond donors (Lipinski definition) is 5. The molecule has 0 aromatic heterocycles. The molecule has 4 rings (SSSR count). The molecule has 0 amide bonds. The van der Waals surface area contributed by atoms with Crippen LogP contribution in [0.15, 0.2) is 23.8 Å². The molecule has 0 aliphatic heterocycles. The number of fused-ring (bicyclic) bond motifs is 5. The highest BCUT2D eigenvalue weighted by Crippen LogP contribution is 2.71. The molecule has 9 atom stereocenters. The molecule has 1 unspecified atom stereocenters. The maximum absolute atomic E-state index is 17.1. The lowest BCUT2D eigenvalue weighted by Crippen LogP contribution is -2.69. The van der Waals surface area contributed by atoms with Crippen LogP contribution in [0.2, 0.25) is 0 Å². The van der Waals surface area contributed by atoms with Gasteiger partial charge in [-0.3, -0.25) is 14.1 Å². The molecule has 202 valence electrons. The Balaban J connectivity index is 1.66. The molecule has 4 aliphatic rings. The van der Waals surface area contributed by atoms with Gasteiger partial charge in [-0.15, -0.1) is 0 Å². The number of phosphoric ester groups is 1. The predicted octanol–water partition coefficient (Wildman–Crippen LogP) is 2.13. The summed E-state index contributed by atoms with van der Waals surface area (Å²) < 4.78 is 48.0. The molecule has 0 bridgehead atoms. The topological polar surface area (TPSA) is 188 Å². The Morgan fingerprint density at radius 2 is 1.86 bits per heavy atom. The van der Waals surface area contributed by atoms with Gasteiger partial charge >= 0.3 is 15.6 Å². The van der Waals surface area contributed by atoms with Crippen LogP contribution in [0.25, 0.3) is 0 Å². The Morgan fingerprint density at radius 1 is 1.22 bits per heavy atom. The molecule has 4 aliphatic carbocycles. The summed E-state index contributed by atoms with van der Waals surface area (Å²) in [5.41, 5.74) is -6.36. The van der Waals surface area contributed by atoms with Crippen molar-refractivity contribution < 1.29 is 56.8 Å². The van der Waals surface area contributed by atoms with E-state index in [1.807, 2.05) is 0 Å². The molecule has 11 nitrogen and oxygen atoms in total. The fourth-order valence-corrected chi connectivity index (χ4v) is 9.09. The first-order valence-corrected chi connectivity index (χ1v) is 14.7. The lowest BCUT2D eigenvalue weighted by atomic mass is 9.44. The normalized spacial score (nSPS) is 45.8. The second-order valence-electron chi connectivity index (χ2n) is 10.9.